The van der Waals surface area contributed by atoms with Crippen LogP contribution in [0, 0.1) is 0 Å². The second-order valence-corrected chi connectivity index (χ2v) is 9.84. The summed E-state index contributed by atoms with van der Waals surface area (Å²) in [6.07, 6.45) is 0.0716. The van der Waals surface area contributed by atoms with Crippen molar-refractivity contribution in [2.75, 3.05) is 24.3 Å². The van der Waals surface area contributed by atoms with Gasteiger partial charge in [0.25, 0.3) is 0 Å². The van der Waals surface area contributed by atoms with E-state index < -0.39 is 7.60 Å². The molecule has 3 rings (SSSR count). The van der Waals surface area contributed by atoms with Gasteiger partial charge in [-0.15, -0.1) is 0 Å². The normalized spacial score (nSPS) is 11.2. The van der Waals surface area contributed by atoms with Gasteiger partial charge in [0.15, 0.2) is 0 Å². The lowest BCUT2D eigenvalue weighted by Crippen LogP contribution is -2.31. The first-order chi connectivity index (χ1) is 16.5. The van der Waals surface area contributed by atoms with Gasteiger partial charge in [0.05, 0.1) is 25.9 Å². The zero-order valence-corrected chi connectivity index (χ0v) is 20.7. The Morgan fingerprint density at radius 2 is 1.44 bits per heavy atom. The van der Waals surface area contributed by atoms with Gasteiger partial charge < -0.3 is 18.7 Å². The number of anilines is 1. The molecular weight excluding hydrogens is 449 g/mol. The van der Waals surface area contributed by atoms with E-state index in [1.807, 2.05) is 84.9 Å². The van der Waals surface area contributed by atoms with Crippen molar-refractivity contribution < 1.29 is 23.1 Å². The maximum Gasteiger partial charge on any atom is 0.331 e. The third-order valence-corrected chi connectivity index (χ3v) is 7.19. The van der Waals surface area contributed by atoms with Crippen LogP contribution in [0.1, 0.15) is 31.4 Å². The summed E-state index contributed by atoms with van der Waals surface area (Å²) in [7, 11) is -3.31. The van der Waals surface area contributed by atoms with Crippen LogP contribution in [-0.4, -0.2) is 25.3 Å². The Balaban J connectivity index is 1.78. The Morgan fingerprint density at radius 1 is 0.824 bits per heavy atom. The Morgan fingerprint density at radius 3 is 2.06 bits per heavy atom. The van der Waals surface area contributed by atoms with Crippen LogP contribution in [-0.2, 0) is 31.6 Å². The lowest BCUT2D eigenvalue weighted by atomic mass is 10.2. The van der Waals surface area contributed by atoms with Crippen LogP contribution in [0.3, 0.4) is 0 Å². The molecule has 1 amide bonds. The molecule has 0 unspecified atom stereocenters. The lowest BCUT2D eigenvalue weighted by molar-refractivity contribution is -0.118. The first kappa shape index (κ1) is 25.7. The first-order valence-corrected chi connectivity index (χ1v) is 13.2. The number of carbonyl (C=O) groups excluding carboxylic acids is 1. The highest BCUT2D eigenvalue weighted by atomic mass is 31.2. The van der Waals surface area contributed by atoms with Gasteiger partial charge in [0.1, 0.15) is 12.4 Å². The predicted molar refractivity (Wildman–Crippen MR) is 135 cm³/mol. The van der Waals surface area contributed by atoms with Gasteiger partial charge in [0, 0.05) is 18.2 Å². The molecule has 6 nitrogen and oxygen atoms in total. The molecule has 0 aliphatic rings. The molecule has 0 fully saturated rings. The summed E-state index contributed by atoms with van der Waals surface area (Å²) >= 11 is 0. The van der Waals surface area contributed by atoms with Gasteiger partial charge in [-0.3, -0.25) is 9.36 Å². The van der Waals surface area contributed by atoms with E-state index in [9.17, 15) is 9.36 Å². The number of amides is 1. The quantitative estimate of drug-likeness (QED) is 0.262. The van der Waals surface area contributed by atoms with E-state index in [1.165, 1.54) is 0 Å². The molecule has 0 heterocycles. The highest BCUT2D eigenvalue weighted by Gasteiger charge is 2.27. The monoisotopic (exact) mass is 481 g/mol. The van der Waals surface area contributed by atoms with Crippen molar-refractivity contribution in [3.63, 3.8) is 0 Å². The van der Waals surface area contributed by atoms with Crippen molar-refractivity contribution in [1.82, 2.24) is 0 Å². The maximum absolute atomic E-state index is 13.3. The third-order valence-electron chi connectivity index (χ3n) is 5.11. The Bertz CT molecular complexity index is 1060. The number of benzene rings is 3. The lowest BCUT2D eigenvalue weighted by Gasteiger charge is -2.25. The maximum atomic E-state index is 13.3. The smallest absolute Gasteiger partial charge is 0.331 e. The van der Waals surface area contributed by atoms with Crippen LogP contribution < -0.4 is 9.64 Å². The fourth-order valence-electron chi connectivity index (χ4n) is 3.50. The van der Waals surface area contributed by atoms with Gasteiger partial charge in [-0.2, -0.15) is 0 Å². The number of hydrogen-bond donors (Lipinski definition) is 0. The predicted octanol–water partition coefficient (Wildman–Crippen LogP) is 6.46. The minimum absolute atomic E-state index is 0.0308. The SMILES string of the molecule is CCOP(=O)(CCC(=O)N(Cc1ccccc1)c1cccc(OCc2ccccc2)c1)OCC. The number of carbonyl (C=O) groups is 1. The van der Waals surface area contributed by atoms with Crippen molar-refractivity contribution in [1.29, 1.82) is 0 Å². The fraction of sp³-hybridized carbons (Fsp3) is 0.296. The van der Waals surface area contributed by atoms with Crippen molar-refractivity contribution in [3.05, 3.63) is 96.1 Å². The van der Waals surface area contributed by atoms with Crippen molar-refractivity contribution >= 4 is 19.2 Å². The average molecular weight is 482 g/mol. The standard InChI is InChI=1S/C27H32NO5P/c1-3-32-34(30,33-4-2)19-18-27(29)28(21-23-12-7-5-8-13-23)25-16-11-17-26(20-25)31-22-24-14-9-6-10-15-24/h5-17,20H,3-4,18-19,21-22H2,1-2H3. The molecule has 0 spiro atoms. The van der Waals surface area contributed by atoms with Gasteiger partial charge in [-0.05, 0) is 37.1 Å². The summed E-state index contributed by atoms with van der Waals surface area (Å²) in [6.45, 7) is 4.87. The largest absolute Gasteiger partial charge is 0.489 e. The van der Waals surface area contributed by atoms with Gasteiger partial charge in [-0.25, -0.2) is 0 Å². The number of hydrogen-bond acceptors (Lipinski definition) is 5. The van der Waals surface area contributed by atoms with E-state index in [-0.39, 0.29) is 31.7 Å². The molecular formula is C27H32NO5P. The van der Waals surface area contributed by atoms with E-state index >= 15 is 0 Å². The molecule has 0 aliphatic heterocycles. The second-order valence-electron chi connectivity index (χ2n) is 7.66. The molecule has 0 saturated carbocycles. The van der Waals surface area contributed by atoms with E-state index in [4.69, 9.17) is 13.8 Å². The molecule has 34 heavy (non-hydrogen) atoms. The molecule has 7 heteroatoms. The summed E-state index contributed by atoms with van der Waals surface area (Å²) < 4.78 is 29.6. The number of nitrogens with zero attached hydrogens (tertiary/aromatic N) is 1. The van der Waals surface area contributed by atoms with Crippen molar-refractivity contribution in [2.45, 2.75) is 33.4 Å². The van der Waals surface area contributed by atoms with Crippen LogP contribution >= 0.6 is 7.60 Å². The van der Waals surface area contributed by atoms with E-state index in [2.05, 4.69) is 0 Å². The number of ether oxygens (including phenoxy) is 1. The Kier molecular flexibility index (Phi) is 9.89. The number of rotatable bonds is 13. The molecule has 3 aromatic carbocycles. The minimum atomic E-state index is -3.31. The molecule has 0 saturated heterocycles. The average Bonchev–Trinajstić information content (AvgIpc) is 2.86. The van der Waals surface area contributed by atoms with E-state index in [1.54, 1.807) is 18.7 Å². The topological polar surface area (TPSA) is 65.1 Å². The highest BCUT2D eigenvalue weighted by molar-refractivity contribution is 7.53. The van der Waals surface area contributed by atoms with E-state index in [0.717, 1.165) is 11.1 Å². The zero-order chi connectivity index (χ0) is 24.2. The highest BCUT2D eigenvalue weighted by Crippen LogP contribution is 2.48. The molecule has 0 radical (unpaired) electrons. The first-order valence-electron chi connectivity index (χ1n) is 11.5. The van der Waals surface area contributed by atoms with Crippen LogP contribution in [0.4, 0.5) is 5.69 Å². The molecule has 0 N–H and O–H groups in total. The molecule has 0 aliphatic carbocycles. The van der Waals surface area contributed by atoms with Gasteiger partial charge >= 0.3 is 7.60 Å². The van der Waals surface area contributed by atoms with Crippen LogP contribution in [0.15, 0.2) is 84.9 Å². The van der Waals surface area contributed by atoms with Crippen LogP contribution in [0.2, 0.25) is 0 Å². The summed E-state index contributed by atoms with van der Waals surface area (Å²) in [4.78, 5) is 15.0. The van der Waals surface area contributed by atoms with Crippen LogP contribution in [0.5, 0.6) is 5.75 Å². The zero-order valence-electron chi connectivity index (χ0n) is 19.8. The van der Waals surface area contributed by atoms with Gasteiger partial charge in [0.2, 0.25) is 5.91 Å². The summed E-state index contributed by atoms with van der Waals surface area (Å²) in [5, 5.41) is 0. The van der Waals surface area contributed by atoms with Crippen molar-refractivity contribution in [3.8, 4) is 5.75 Å². The molecule has 180 valence electrons. The summed E-state index contributed by atoms with van der Waals surface area (Å²) in [5.74, 6) is 0.505. The van der Waals surface area contributed by atoms with Crippen molar-refractivity contribution in [2.24, 2.45) is 0 Å². The molecule has 0 bridgehead atoms. The molecule has 3 aromatic rings. The molecule has 0 aromatic heterocycles. The Hall–Kier alpha value is -2.92. The Labute approximate surface area is 202 Å². The van der Waals surface area contributed by atoms with Crippen LogP contribution in [0.25, 0.3) is 0 Å². The minimum Gasteiger partial charge on any atom is -0.489 e. The van der Waals surface area contributed by atoms with E-state index in [0.29, 0.717) is 24.6 Å². The summed E-state index contributed by atoms with van der Waals surface area (Å²) in [5.41, 5.74) is 2.76. The summed E-state index contributed by atoms with van der Waals surface area (Å²) in [6, 6.07) is 27.2. The third kappa shape index (κ3) is 7.84. The second kappa shape index (κ2) is 13.1. The molecule has 0 atom stereocenters. The fourth-order valence-corrected chi connectivity index (χ4v) is 5.08. The van der Waals surface area contributed by atoms with Gasteiger partial charge in [-0.1, -0.05) is 66.7 Å².